The van der Waals surface area contributed by atoms with Crippen LogP contribution < -0.4 is 16.0 Å². The number of hydrogen-bond acceptors (Lipinski definition) is 5. The Labute approximate surface area is 126 Å². The summed E-state index contributed by atoms with van der Waals surface area (Å²) in [5.41, 5.74) is 4.10. The van der Waals surface area contributed by atoms with Crippen molar-refractivity contribution in [2.24, 2.45) is 5.84 Å². The fraction of sp³-hybridized carbons (Fsp3) is 0.688. The number of ether oxygens (including phenoxy) is 1. The molecule has 0 amide bonds. The summed E-state index contributed by atoms with van der Waals surface area (Å²) in [7, 11) is 1.70. The lowest BCUT2D eigenvalue weighted by Crippen LogP contribution is -2.55. The van der Waals surface area contributed by atoms with Crippen molar-refractivity contribution in [2.75, 3.05) is 20.2 Å². The quantitative estimate of drug-likeness (QED) is 0.641. The maximum Gasteiger partial charge on any atom is 0.142 e. The maximum atomic E-state index is 5.99. The van der Waals surface area contributed by atoms with Gasteiger partial charge in [-0.2, -0.15) is 0 Å². The zero-order valence-corrected chi connectivity index (χ0v) is 12.8. The lowest BCUT2D eigenvalue weighted by Gasteiger charge is -2.44. The molecule has 5 nitrogen and oxygen atoms in total. The Morgan fingerprint density at radius 2 is 2.00 bits per heavy atom. The van der Waals surface area contributed by atoms with Crippen LogP contribution in [0, 0.1) is 0 Å². The summed E-state index contributed by atoms with van der Waals surface area (Å²) in [4.78, 5) is 7.23. The van der Waals surface area contributed by atoms with Gasteiger partial charge in [-0.05, 0) is 50.9 Å². The van der Waals surface area contributed by atoms with Crippen LogP contribution in [0.5, 0.6) is 5.75 Å². The van der Waals surface area contributed by atoms with Crippen LogP contribution in [0.4, 0.5) is 0 Å². The molecule has 21 heavy (non-hydrogen) atoms. The van der Waals surface area contributed by atoms with Crippen molar-refractivity contribution in [1.82, 2.24) is 15.3 Å². The number of likely N-dealkylation sites (tertiary alicyclic amines) is 1. The summed E-state index contributed by atoms with van der Waals surface area (Å²) in [6.45, 7) is 2.35. The molecule has 5 heteroatoms. The van der Waals surface area contributed by atoms with E-state index < -0.39 is 0 Å². The number of nitrogens with one attached hydrogen (secondary N) is 1. The topological polar surface area (TPSA) is 63.4 Å². The average molecular weight is 290 g/mol. The first-order chi connectivity index (χ1) is 10.3. The van der Waals surface area contributed by atoms with Crippen LogP contribution in [0.25, 0.3) is 0 Å². The van der Waals surface area contributed by atoms with Crippen molar-refractivity contribution in [1.29, 1.82) is 0 Å². The summed E-state index contributed by atoms with van der Waals surface area (Å²) in [5, 5.41) is 0. The fourth-order valence-corrected chi connectivity index (χ4v) is 4.22. The first-order valence-electron chi connectivity index (χ1n) is 8.02. The highest BCUT2D eigenvalue weighted by atomic mass is 16.5. The van der Waals surface area contributed by atoms with E-state index in [0.29, 0.717) is 0 Å². The number of nitrogens with two attached hydrogens (primary N) is 1. The predicted octanol–water partition coefficient (Wildman–Crippen LogP) is 2.00. The van der Waals surface area contributed by atoms with Gasteiger partial charge >= 0.3 is 0 Å². The third-order valence-corrected chi connectivity index (χ3v) is 5.20. The van der Waals surface area contributed by atoms with Gasteiger partial charge in [-0.3, -0.25) is 15.7 Å². The van der Waals surface area contributed by atoms with Gasteiger partial charge in [0.2, 0.25) is 0 Å². The zero-order valence-electron chi connectivity index (χ0n) is 12.8. The monoisotopic (exact) mass is 290 g/mol. The normalized spacial score (nSPS) is 23.3. The molecule has 3 rings (SSSR count). The molecule has 1 aliphatic carbocycles. The molecule has 0 radical (unpaired) electrons. The van der Waals surface area contributed by atoms with Crippen molar-refractivity contribution in [3.05, 3.63) is 24.0 Å². The van der Waals surface area contributed by atoms with Gasteiger partial charge < -0.3 is 4.74 Å². The Kier molecular flexibility index (Phi) is 4.42. The number of hydrazine groups is 1. The zero-order chi connectivity index (χ0) is 14.7. The van der Waals surface area contributed by atoms with Gasteiger partial charge in [-0.25, -0.2) is 5.43 Å². The van der Waals surface area contributed by atoms with Gasteiger partial charge in [0.15, 0.2) is 0 Å². The maximum absolute atomic E-state index is 5.99. The van der Waals surface area contributed by atoms with Gasteiger partial charge in [0.05, 0.1) is 13.2 Å². The molecule has 2 aliphatic rings. The third kappa shape index (κ3) is 2.54. The molecule has 2 heterocycles. The van der Waals surface area contributed by atoms with Crippen molar-refractivity contribution < 1.29 is 4.74 Å². The molecule has 0 bridgehead atoms. The Morgan fingerprint density at radius 1 is 1.29 bits per heavy atom. The molecule has 1 aromatic rings. The number of rotatable bonds is 5. The molecule has 0 aromatic carbocycles. The molecule has 1 saturated carbocycles. The summed E-state index contributed by atoms with van der Waals surface area (Å²) >= 11 is 0. The number of methoxy groups -OCH3 is 1. The molecular formula is C16H26N4O. The molecule has 1 aliphatic heterocycles. The number of nitrogens with zero attached hydrogens (tertiary/aromatic N) is 2. The Hall–Kier alpha value is -1.17. The molecule has 1 unspecified atom stereocenters. The molecule has 116 valence electrons. The minimum Gasteiger partial charge on any atom is -0.495 e. The van der Waals surface area contributed by atoms with Crippen LogP contribution >= 0.6 is 0 Å². The van der Waals surface area contributed by atoms with E-state index in [-0.39, 0.29) is 11.6 Å². The lowest BCUT2D eigenvalue weighted by atomic mass is 9.84. The standard InChI is InChI=1S/C16H26N4O/c1-21-13-7-6-10-18-14(13)15(19-17)16(8-2-3-9-16)20-11-4-5-12-20/h6-7,10,15,19H,2-5,8-9,11-12,17H2,1H3. The number of pyridine rings is 1. The van der Waals surface area contributed by atoms with E-state index >= 15 is 0 Å². The van der Waals surface area contributed by atoms with Crippen LogP contribution in [-0.4, -0.2) is 35.6 Å². The summed E-state index contributed by atoms with van der Waals surface area (Å²) in [5.74, 6) is 6.81. The second-order valence-corrected chi connectivity index (χ2v) is 6.20. The van der Waals surface area contributed by atoms with E-state index in [4.69, 9.17) is 10.6 Å². The van der Waals surface area contributed by atoms with Crippen LogP contribution in [0.15, 0.2) is 18.3 Å². The van der Waals surface area contributed by atoms with E-state index in [1.807, 2.05) is 18.3 Å². The summed E-state index contributed by atoms with van der Waals surface area (Å²) < 4.78 is 5.52. The second kappa shape index (κ2) is 6.30. The Balaban J connectivity index is 1.99. The highest BCUT2D eigenvalue weighted by Gasteiger charge is 2.48. The van der Waals surface area contributed by atoms with Gasteiger partial charge in [0.1, 0.15) is 11.4 Å². The van der Waals surface area contributed by atoms with Crippen LogP contribution in [0.3, 0.4) is 0 Å². The first-order valence-corrected chi connectivity index (χ1v) is 8.02. The molecule has 3 N–H and O–H groups in total. The third-order valence-electron chi connectivity index (χ3n) is 5.20. The van der Waals surface area contributed by atoms with Crippen LogP contribution in [0.2, 0.25) is 0 Å². The number of hydrogen-bond donors (Lipinski definition) is 2. The van der Waals surface area contributed by atoms with Gasteiger partial charge in [-0.1, -0.05) is 12.8 Å². The number of aromatic nitrogens is 1. The van der Waals surface area contributed by atoms with E-state index in [2.05, 4.69) is 15.3 Å². The molecule has 1 atom stereocenters. The van der Waals surface area contributed by atoms with E-state index in [9.17, 15) is 0 Å². The van der Waals surface area contributed by atoms with Crippen molar-refractivity contribution in [3.63, 3.8) is 0 Å². The van der Waals surface area contributed by atoms with Crippen LogP contribution in [0.1, 0.15) is 50.3 Å². The van der Waals surface area contributed by atoms with Gasteiger partial charge in [-0.15, -0.1) is 0 Å². The molecular weight excluding hydrogens is 264 g/mol. The smallest absolute Gasteiger partial charge is 0.142 e. The van der Waals surface area contributed by atoms with Crippen LogP contribution in [-0.2, 0) is 0 Å². The molecule has 1 saturated heterocycles. The van der Waals surface area contributed by atoms with E-state index in [1.54, 1.807) is 7.11 Å². The first kappa shape index (κ1) is 14.8. The largest absolute Gasteiger partial charge is 0.495 e. The second-order valence-electron chi connectivity index (χ2n) is 6.20. The van der Waals surface area contributed by atoms with Gasteiger partial charge in [0.25, 0.3) is 0 Å². The minimum absolute atomic E-state index is 0.0225. The highest BCUT2D eigenvalue weighted by molar-refractivity contribution is 5.32. The van der Waals surface area contributed by atoms with E-state index in [0.717, 1.165) is 11.4 Å². The Morgan fingerprint density at radius 3 is 2.62 bits per heavy atom. The van der Waals surface area contributed by atoms with Crippen molar-refractivity contribution in [2.45, 2.75) is 50.1 Å². The van der Waals surface area contributed by atoms with Crippen molar-refractivity contribution in [3.8, 4) is 5.75 Å². The SMILES string of the molecule is COc1cccnc1C(NN)C1(N2CCCC2)CCCC1. The summed E-state index contributed by atoms with van der Waals surface area (Å²) in [6, 6.07) is 3.90. The highest BCUT2D eigenvalue weighted by Crippen LogP contribution is 2.46. The molecule has 2 fully saturated rings. The van der Waals surface area contributed by atoms with E-state index in [1.165, 1.54) is 51.6 Å². The van der Waals surface area contributed by atoms with Gasteiger partial charge in [0, 0.05) is 11.7 Å². The predicted molar refractivity (Wildman–Crippen MR) is 82.9 cm³/mol. The van der Waals surface area contributed by atoms with Crippen molar-refractivity contribution >= 4 is 0 Å². The minimum atomic E-state index is 0.0225. The molecule has 0 spiro atoms. The Bertz CT molecular complexity index is 467. The fourth-order valence-electron chi connectivity index (χ4n) is 4.22. The molecule has 1 aromatic heterocycles. The summed E-state index contributed by atoms with van der Waals surface area (Å²) in [6.07, 6.45) is 9.31. The average Bonchev–Trinajstić information content (AvgIpc) is 3.20. The lowest BCUT2D eigenvalue weighted by molar-refractivity contribution is 0.0735.